The van der Waals surface area contributed by atoms with Crippen LogP contribution < -0.4 is 14.2 Å². The molecule has 2 unspecified atom stereocenters. The van der Waals surface area contributed by atoms with Crippen molar-refractivity contribution in [3.8, 4) is 17.2 Å². The zero-order valence-corrected chi connectivity index (χ0v) is 19.1. The number of likely N-dealkylation sites (tertiary alicyclic amines) is 1. The van der Waals surface area contributed by atoms with Gasteiger partial charge in [0.05, 0.1) is 32.8 Å². The molecule has 6 nitrogen and oxygen atoms in total. The van der Waals surface area contributed by atoms with E-state index in [4.69, 9.17) is 14.2 Å². The van der Waals surface area contributed by atoms with Gasteiger partial charge in [0.15, 0.2) is 0 Å². The molecule has 0 aliphatic carbocycles. The summed E-state index contributed by atoms with van der Waals surface area (Å²) >= 11 is 3.59. The molecule has 0 aromatic heterocycles. The van der Waals surface area contributed by atoms with Crippen LogP contribution in [-0.4, -0.2) is 49.9 Å². The molecule has 0 amide bonds. The molecule has 1 N–H and O–H groups in total. The largest absolute Gasteiger partial charge is 0.497 e. The maximum Gasteiger partial charge on any atom is 0.307 e. The molecule has 3 rings (SSSR count). The number of carboxylic acids is 1. The lowest BCUT2D eigenvalue weighted by Gasteiger charge is -2.38. The number of nitrogens with zero attached hydrogens (tertiary/aromatic N) is 1. The number of aliphatic carboxylic acids is 1. The van der Waals surface area contributed by atoms with Crippen LogP contribution in [0.5, 0.6) is 17.2 Å². The second-order valence-corrected chi connectivity index (χ2v) is 8.21. The highest BCUT2D eigenvalue weighted by molar-refractivity contribution is 9.10. The Morgan fingerprint density at radius 2 is 1.97 bits per heavy atom. The fourth-order valence-corrected chi connectivity index (χ4v) is 4.45. The van der Waals surface area contributed by atoms with Crippen LogP contribution in [0.3, 0.4) is 0 Å². The number of methoxy groups -OCH3 is 2. The van der Waals surface area contributed by atoms with E-state index >= 15 is 0 Å². The average molecular weight is 478 g/mol. The van der Waals surface area contributed by atoms with Gasteiger partial charge >= 0.3 is 5.97 Å². The maximum atomic E-state index is 11.7. The molecular weight excluding hydrogens is 450 g/mol. The maximum absolute atomic E-state index is 11.7. The number of hydrogen-bond acceptors (Lipinski definition) is 5. The van der Waals surface area contributed by atoms with Crippen LogP contribution in [-0.2, 0) is 4.79 Å². The summed E-state index contributed by atoms with van der Waals surface area (Å²) in [5, 5.41) is 9.63. The lowest BCUT2D eigenvalue weighted by Crippen LogP contribution is -2.41. The van der Waals surface area contributed by atoms with E-state index < -0.39 is 11.9 Å². The first-order valence-corrected chi connectivity index (χ1v) is 10.9. The highest BCUT2D eigenvalue weighted by Crippen LogP contribution is 2.42. The fourth-order valence-electron chi connectivity index (χ4n) is 4.07. The molecule has 2 atom stereocenters. The topological polar surface area (TPSA) is 68.2 Å². The summed E-state index contributed by atoms with van der Waals surface area (Å²) in [5.41, 5.74) is 1.92. The van der Waals surface area contributed by atoms with Gasteiger partial charge in [0, 0.05) is 28.2 Å². The first-order chi connectivity index (χ1) is 14.5. The molecule has 0 bridgehead atoms. The number of piperidine rings is 1. The Morgan fingerprint density at radius 1 is 1.17 bits per heavy atom. The van der Waals surface area contributed by atoms with Crippen molar-refractivity contribution in [2.75, 3.05) is 33.9 Å². The van der Waals surface area contributed by atoms with Crippen LogP contribution in [0.1, 0.15) is 36.9 Å². The smallest absolute Gasteiger partial charge is 0.307 e. The van der Waals surface area contributed by atoms with E-state index in [0.29, 0.717) is 31.1 Å². The number of halogens is 1. The summed E-state index contributed by atoms with van der Waals surface area (Å²) in [4.78, 5) is 13.9. The van der Waals surface area contributed by atoms with Gasteiger partial charge < -0.3 is 19.3 Å². The summed E-state index contributed by atoms with van der Waals surface area (Å²) in [6.07, 6.45) is 1.51. The normalized spacial score (nSPS) is 17.9. The van der Waals surface area contributed by atoms with E-state index in [1.54, 1.807) is 14.2 Å². The van der Waals surface area contributed by atoms with E-state index in [2.05, 4.69) is 20.8 Å². The van der Waals surface area contributed by atoms with Gasteiger partial charge in [0.25, 0.3) is 0 Å². The van der Waals surface area contributed by atoms with Gasteiger partial charge in [-0.15, -0.1) is 0 Å². The average Bonchev–Trinajstić information content (AvgIpc) is 2.76. The Balaban J connectivity index is 2.15. The quantitative estimate of drug-likeness (QED) is 0.591. The molecule has 0 spiro atoms. The summed E-state index contributed by atoms with van der Waals surface area (Å²) in [7, 11) is 3.26. The molecule has 1 aliphatic rings. The van der Waals surface area contributed by atoms with E-state index in [0.717, 1.165) is 34.3 Å². The van der Waals surface area contributed by atoms with Crippen molar-refractivity contribution in [2.45, 2.75) is 25.8 Å². The van der Waals surface area contributed by atoms with Crippen LogP contribution in [0.2, 0.25) is 0 Å². The minimum absolute atomic E-state index is 0.216. The van der Waals surface area contributed by atoms with Crippen LogP contribution in [0, 0.1) is 5.92 Å². The van der Waals surface area contributed by atoms with Crippen molar-refractivity contribution in [3.63, 3.8) is 0 Å². The molecule has 1 fully saturated rings. The molecule has 1 saturated heterocycles. The van der Waals surface area contributed by atoms with E-state index in [-0.39, 0.29) is 6.04 Å². The lowest BCUT2D eigenvalue weighted by atomic mass is 9.90. The lowest BCUT2D eigenvalue weighted by molar-refractivity contribution is -0.143. The Labute approximate surface area is 185 Å². The van der Waals surface area contributed by atoms with E-state index in [1.165, 1.54) is 0 Å². The number of ether oxygens (including phenoxy) is 3. The summed E-state index contributed by atoms with van der Waals surface area (Å²) in [6.45, 7) is 3.75. The molecule has 2 aromatic carbocycles. The van der Waals surface area contributed by atoms with Crippen LogP contribution in [0.25, 0.3) is 0 Å². The Morgan fingerprint density at radius 3 is 2.63 bits per heavy atom. The molecule has 1 heterocycles. The van der Waals surface area contributed by atoms with Crippen LogP contribution >= 0.6 is 15.9 Å². The van der Waals surface area contributed by atoms with Gasteiger partial charge in [-0.25, -0.2) is 0 Å². The fraction of sp³-hybridized carbons (Fsp3) is 0.435. The highest BCUT2D eigenvalue weighted by Gasteiger charge is 2.34. The standard InChI is InChI=1S/C23H28BrNO5/c1-4-30-20-10-7-16(24)12-19(20)22(25-11-5-6-15(14-25)23(26)27)18-9-8-17(28-2)13-21(18)29-3/h7-10,12-13,15,22H,4-6,11,14H2,1-3H3,(H,26,27). The molecule has 30 heavy (non-hydrogen) atoms. The highest BCUT2D eigenvalue weighted by atomic mass is 79.9. The van der Waals surface area contributed by atoms with Crippen LogP contribution in [0.4, 0.5) is 0 Å². The molecule has 1 aliphatic heterocycles. The summed E-state index contributed by atoms with van der Waals surface area (Å²) in [5.74, 6) is 1.03. The number of carboxylic acid groups (broad SMARTS) is 1. The van der Waals surface area contributed by atoms with Gasteiger partial charge in [-0.3, -0.25) is 9.69 Å². The van der Waals surface area contributed by atoms with Crippen LogP contribution in [0.15, 0.2) is 40.9 Å². The second kappa shape index (κ2) is 10.2. The number of rotatable bonds is 8. The van der Waals surface area contributed by atoms with E-state index in [1.807, 2.05) is 43.3 Å². The minimum Gasteiger partial charge on any atom is -0.497 e. The monoisotopic (exact) mass is 477 g/mol. The van der Waals surface area contributed by atoms with Gasteiger partial charge in [0.1, 0.15) is 17.2 Å². The Bertz CT molecular complexity index is 888. The Kier molecular flexibility index (Phi) is 7.61. The predicted octanol–water partition coefficient (Wildman–Crippen LogP) is 4.75. The minimum atomic E-state index is -0.751. The SMILES string of the molecule is CCOc1ccc(Br)cc1C(c1ccc(OC)cc1OC)N1CCCC(C(=O)O)C1. The van der Waals surface area contributed by atoms with Crippen molar-refractivity contribution >= 4 is 21.9 Å². The molecule has 2 aromatic rings. The molecule has 7 heteroatoms. The van der Waals surface area contributed by atoms with Crippen molar-refractivity contribution in [2.24, 2.45) is 5.92 Å². The molecule has 0 radical (unpaired) electrons. The van der Waals surface area contributed by atoms with Crippen molar-refractivity contribution in [3.05, 3.63) is 52.0 Å². The van der Waals surface area contributed by atoms with Crippen molar-refractivity contribution in [1.82, 2.24) is 4.90 Å². The van der Waals surface area contributed by atoms with E-state index in [9.17, 15) is 9.90 Å². The van der Waals surface area contributed by atoms with Crippen molar-refractivity contribution in [1.29, 1.82) is 0 Å². The number of carbonyl (C=O) groups is 1. The first kappa shape index (κ1) is 22.4. The van der Waals surface area contributed by atoms with Gasteiger partial charge in [0.2, 0.25) is 0 Å². The second-order valence-electron chi connectivity index (χ2n) is 7.30. The predicted molar refractivity (Wildman–Crippen MR) is 119 cm³/mol. The van der Waals surface area contributed by atoms with Gasteiger partial charge in [-0.2, -0.15) is 0 Å². The third-order valence-corrected chi connectivity index (χ3v) is 5.96. The molecular formula is C23H28BrNO5. The molecule has 0 saturated carbocycles. The van der Waals surface area contributed by atoms with Gasteiger partial charge in [-0.1, -0.05) is 15.9 Å². The zero-order chi connectivity index (χ0) is 21.7. The summed E-state index contributed by atoms with van der Waals surface area (Å²) in [6, 6.07) is 11.5. The Hall–Kier alpha value is -2.25. The third-order valence-electron chi connectivity index (χ3n) is 5.47. The zero-order valence-electron chi connectivity index (χ0n) is 17.6. The molecule has 162 valence electrons. The van der Waals surface area contributed by atoms with Crippen molar-refractivity contribution < 1.29 is 24.1 Å². The summed E-state index contributed by atoms with van der Waals surface area (Å²) < 4.78 is 18.0. The van der Waals surface area contributed by atoms with Gasteiger partial charge in [-0.05, 0) is 56.6 Å². The first-order valence-electron chi connectivity index (χ1n) is 10.1. The number of hydrogen-bond donors (Lipinski definition) is 1. The number of benzene rings is 2. The third kappa shape index (κ3) is 4.90.